The van der Waals surface area contributed by atoms with E-state index in [1.807, 2.05) is 12.1 Å². The third-order valence-electron chi connectivity index (χ3n) is 2.07. The van der Waals surface area contributed by atoms with Crippen LogP contribution in [0.5, 0.6) is 0 Å². The molecule has 0 spiro atoms. The zero-order chi connectivity index (χ0) is 9.10. The maximum Gasteiger partial charge on any atom is 0.0723 e. The molecule has 0 saturated heterocycles. The number of hydrogen-bond donors (Lipinski definition) is 1. The summed E-state index contributed by atoms with van der Waals surface area (Å²) < 4.78 is 0. The molecule has 2 rings (SSSR count). The number of rotatable bonds is 2. The first-order chi connectivity index (χ1) is 6.42. The van der Waals surface area contributed by atoms with Crippen molar-refractivity contribution in [3.63, 3.8) is 0 Å². The summed E-state index contributed by atoms with van der Waals surface area (Å²) in [6.07, 6.45) is 2.10. The second kappa shape index (κ2) is 3.85. The molecular formula is C10H12N2S. The second-order valence-electron chi connectivity index (χ2n) is 2.88. The van der Waals surface area contributed by atoms with E-state index in [2.05, 4.69) is 28.6 Å². The third-order valence-corrected chi connectivity index (χ3v) is 2.81. The first-order valence-electron chi connectivity index (χ1n) is 4.24. The van der Waals surface area contributed by atoms with Gasteiger partial charge in [0, 0.05) is 18.4 Å². The molecule has 0 bridgehead atoms. The van der Waals surface area contributed by atoms with Crippen LogP contribution in [0.2, 0.25) is 0 Å². The molecule has 1 aliphatic rings. The van der Waals surface area contributed by atoms with Crippen LogP contribution < -0.4 is 10.6 Å². The Kier molecular flexibility index (Phi) is 2.57. The zero-order valence-corrected chi connectivity index (χ0v) is 8.13. The minimum Gasteiger partial charge on any atom is -0.337 e. The summed E-state index contributed by atoms with van der Waals surface area (Å²) in [7, 11) is 0. The summed E-state index contributed by atoms with van der Waals surface area (Å²) in [6.45, 7) is 0.602. The normalized spacial score (nSPS) is 15.3. The molecule has 1 aliphatic heterocycles. The van der Waals surface area contributed by atoms with Crippen molar-refractivity contribution >= 4 is 17.4 Å². The number of nitrogens with two attached hydrogens (primary N) is 1. The van der Waals surface area contributed by atoms with E-state index >= 15 is 0 Å². The van der Waals surface area contributed by atoms with Crippen molar-refractivity contribution in [2.45, 2.75) is 6.54 Å². The topological polar surface area (TPSA) is 29.3 Å². The summed E-state index contributed by atoms with van der Waals surface area (Å²) in [5, 5.41) is 2.10. The number of anilines is 1. The maximum absolute atomic E-state index is 5.66. The predicted octanol–water partition coefficient (Wildman–Crippen LogP) is 2.13. The van der Waals surface area contributed by atoms with Crippen molar-refractivity contribution in [3.8, 4) is 0 Å². The Morgan fingerprint density at radius 3 is 2.92 bits per heavy atom. The summed E-state index contributed by atoms with van der Waals surface area (Å²) in [5.41, 5.74) is 8.09. The molecule has 2 N–H and O–H groups in total. The average Bonchev–Trinajstić information content (AvgIpc) is 2.70. The van der Waals surface area contributed by atoms with Gasteiger partial charge in [0.2, 0.25) is 0 Å². The van der Waals surface area contributed by atoms with Crippen molar-refractivity contribution in [3.05, 3.63) is 41.4 Å². The Labute approximate surface area is 82.4 Å². The van der Waals surface area contributed by atoms with Crippen LogP contribution in [0.15, 0.2) is 35.9 Å². The lowest BCUT2D eigenvalue weighted by molar-refractivity contribution is 1.04. The first-order valence-corrected chi connectivity index (χ1v) is 5.29. The highest BCUT2D eigenvalue weighted by Crippen LogP contribution is 2.26. The molecule has 0 radical (unpaired) electrons. The number of thioether (sulfide) groups is 1. The highest BCUT2D eigenvalue weighted by molar-refractivity contribution is 8.02. The predicted molar refractivity (Wildman–Crippen MR) is 58.4 cm³/mol. The van der Waals surface area contributed by atoms with Gasteiger partial charge in [0.25, 0.3) is 0 Å². The fraction of sp³-hybridized carbons (Fsp3) is 0.200. The quantitative estimate of drug-likeness (QED) is 0.778. The SMILES string of the molecule is NCc1ccccc1N1C=CSC1. The van der Waals surface area contributed by atoms with Gasteiger partial charge in [0.15, 0.2) is 0 Å². The van der Waals surface area contributed by atoms with E-state index in [1.54, 1.807) is 11.8 Å². The minimum absolute atomic E-state index is 0.602. The van der Waals surface area contributed by atoms with Crippen molar-refractivity contribution in [2.75, 3.05) is 10.8 Å². The molecule has 1 aromatic rings. The molecule has 0 aromatic heterocycles. The van der Waals surface area contributed by atoms with E-state index in [0.29, 0.717) is 6.54 Å². The molecule has 0 saturated carbocycles. The van der Waals surface area contributed by atoms with Gasteiger partial charge in [-0.25, -0.2) is 0 Å². The molecule has 3 heteroatoms. The monoisotopic (exact) mass is 192 g/mol. The molecule has 2 nitrogen and oxygen atoms in total. The number of benzene rings is 1. The zero-order valence-electron chi connectivity index (χ0n) is 7.31. The standard InChI is InChI=1S/C10H12N2S/c11-7-9-3-1-2-4-10(9)12-5-6-13-8-12/h1-6H,7-8,11H2. The van der Waals surface area contributed by atoms with E-state index in [9.17, 15) is 0 Å². The van der Waals surface area contributed by atoms with Gasteiger partial charge in [-0.3, -0.25) is 0 Å². The summed E-state index contributed by atoms with van der Waals surface area (Å²) >= 11 is 1.80. The van der Waals surface area contributed by atoms with Crippen molar-refractivity contribution in [1.29, 1.82) is 0 Å². The van der Waals surface area contributed by atoms with Crippen molar-refractivity contribution < 1.29 is 0 Å². The fourth-order valence-electron chi connectivity index (χ4n) is 1.40. The molecule has 0 aliphatic carbocycles. The Morgan fingerprint density at radius 2 is 2.23 bits per heavy atom. The maximum atomic E-state index is 5.66. The molecule has 0 fully saturated rings. The molecular weight excluding hydrogens is 180 g/mol. The molecule has 0 amide bonds. The van der Waals surface area contributed by atoms with Gasteiger partial charge in [-0.2, -0.15) is 0 Å². The second-order valence-corrected chi connectivity index (χ2v) is 3.75. The Balaban J connectivity index is 2.32. The van der Waals surface area contributed by atoms with Crippen LogP contribution in [0.4, 0.5) is 5.69 Å². The largest absolute Gasteiger partial charge is 0.337 e. The van der Waals surface area contributed by atoms with Gasteiger partial charge in [-0.05, 0) is 17.0 Å². The lowest BCUT2D eigenvalue weighted by Gasteiger charge is -2.17. The summed E-state index contributed by atoms with van der Waals surface area (Å²) in [4.78, 5) is 2.22. The molecule has 0 unspecified atom stereocenters. The first kappa shape index (κ1) is 8.66. The average molecular weight is 192 g/mol. The van der Waals surface area contributed by atoms with Crippen molar-refractivity contribution in [1.82, 2.24) is 0 Å². The fourth-order valence-corrected chi connectivity index (χ4v) is 2.10. The highest BCUT2D eigenvalue weighted by Gasteiger charge is 2.09. The van der Waals surface area contributed by atoms with Crippen molar-refractivity contribution in [2.24, 2.45) is 5.73 Å². The number of para-hydroxylation sites is 1. The minimum atomic E-state index is 0.602. The molecule has 1 heterocycles. The number of nitrogens with zero attached hydrogens (tertiary/aromatic N) is 1. The van der Waals surface area contributed by atoms with Gasteiger partial charge in [0.05, 0.1) is 5.88 Å². The van der Waals surface area contributed by atoms with Gasteiger partial charge in [-0.15, -0.1) is 11.8 Å². The highest BCUT2D eigenvalue weighted by atomic mass is 32.2. The van der Waals surface area contributed by atoms with Crippen LogP contribution in [0.1, 0.15) is 5.56 Å². The van der Waals surface area contributed by atoms with Crippen LogP contribution in [-0.4, -0.2) is 5.88 Å². The van der Waals surface area contributed by atoms with E-state index < -0.39 is 0 Å². The van der Waals surface area contributed by atoms with E-state index in [0.717, 1.165) is 5.88 Å². The Morgan fingerprint density at radius 1 is 1.38 bits per heavy atom. The van der Waals surface area contributed by atoms with E-state index in [-0.39, 0.29) is 0 Å². The third kappa shape index (κ3) is 1.71. The van der Waals surface area contributed by atoms with Crippen LogP contribution >= 0.6 is 11.8 Å². The van der Waals surface area contributed by atoms with E-state index in [4.69, 9.17) is 5.73 Å². The van der Waals surface area contributed by atoms with Crippen LogP contribution in [-0.2, 0) is 6.54 Å². The van der Waals surface area contributed by atoms with Crippen LogP contribution in [0.25, 0.3) is 0 Å². The Hall–Kier alpha value is -0.930. The van der Waals surface area contributed by atoms with E-state index in [1.165, 1.54) is 11.3 Å². The molecule has 0 atom stereocenters. The van der Waals surface area contributed by atoms with Gasteiger partial charge in [-0.1, -0.05) is 18.2 Å². The summed E-state index contributed by atoms with van der Waals surface area (Å²) in [6, 6.07) is 8.26. The number of hydrogen-bond acceptors (Lipinski definition) is 3. The van der Waals surface area contributed by atoms with Crippen LogP contribution in [0.3, 0.4) is 0 Å². The van der Waals surface area contributed by atoms with Gasteiger partial charge >= 0.3 is 0 Å². The lowest BCUT2D eigenvalue weighted by Crippen LogP contribution is -2.14. The van der Waals surface area contributed by atoms with Gasteiger partial charge in [0.1, 0.15) is 0 Å². The molecule has 68 valence electrons. The summed E-state index contributed by atoms with van der Waals surface area (Å²) in [5.74, 6) is 0.997. The smallest absolute Gasteiger partial charge is 0.0723 e. The van der Waals surface area contributed by atoms with Gasteiger partial charge < -0.3 is 10.6 Å². The molecule has 13 heavy (non-hydrogen) atoms. The molecule has 1 aromatic carbocycles. The van der Waals surface area contributed by atoms with Crippen LogP contribution in [0, 0.1) is 0 Å². The Bertz CT molecular complexity index is 322. The lowest BCUT2D eigenvalue weighted by atomic mass is 10.1.